The lowest BCUT2D eigenvalue weighted by Gasteiger charge is -2.14. The molecule has 1 N–H and O–H groups in total. The Morgan fingerprint density at radius 1 is 1.11 bits per heavy atom. The van der Waals surface area contributed by atoms with Crippen LogP contribution >= 0.6 is 0 Å². The lowest BCUT2D eigenvalue weighted by Crippen LogP contribution is -2.19. The molecule has 9 heteroatoms. The molecule has 6 nitrogen and oxygen atoms in total. The molecule has 2 aliphatic rings. The molecule has 0 saturated heterocycles. The molecule has 0 bridgehead atoms. The lowest BCUT2D eigenvalue weighted by molar-refractivity contribution is -0.141. The van der Waals surface area contributed by atoms with Gasteiger partial charge >= 0.3 is 6.18 Å². The third-order valence-electron chi connectivity index (χ3n) is 5.02. The van der Waals surface area contributed by atoms with Crippen LogP contribution in [-0.4, -0.2) is 31.7 Å². The Hall–Kier alpha value is -2.58. The summed E-state index contributed by atoms with van der Waals surface area (Å²) in [5, 5.41) is 3.24. The molecule has 0 spiro atoms. The topological polar surface area (TPSA) is 76.0 Å². The van der Waals surface area contributed by atoms with E-state index in [2.05, 4.69) is 30.2 Å². The van der Waals surface area contributed by atoms with E-state index in [9.17, 15) is 13.2 Å². The van der Waals surface area contributed by atoms with Gasteiger partial charge in [-0.25, -0.2) is 9.98 Å². The molecule has 28 heavy (non-hydrogen) atoms. The van der Waals surface area contributed by atoms with Gasteiger partial charge in [-0.1, -0.05) is 6.07 Å². The molecule has 2 aromatic heterocycles. The minimum Gasteiger partial charge on any atom is -0.351 e. The van der Waals surface area contributed by atoms with Gasteiger partial charge in [-0.2, -0.15) is 28.1 Å². The van der Waals surface area contributed by atoms with Gasteiger partial charge in [0.2, 0.25) is 5.95 Å². The molecule has 0 unspecified atom stereocenters. The number of aliphatic imine (C=N–C) groups is 1. The number of anilines is 1. The first-order valence-corrected chi connectivity index (χ1v) is 9.42. The van der Waals surface area contributed by atoms with Crippen molar-refractivity contribution in [1.29, 1.82) is 0 Å². The summed E-state index contributed by atoms with van der Waals surface area (Å²) in [5.74, 6) is 1.58. The Labute approximate surface area is 160 Å². The number of rotatable bonds is 6. The van der Waals surface area contributed by atoms with Crippen molar-refractivity contribution in [2.45, 2.75) is 51.7 Å². The fourth-order valence-electron chi connectivity index (χ4n) is 2.98. The van der Waals surface area contributed by atoms with E-state index in [-0.39, 0.29) is 23.5 Å². The van der Waals surface area contributed by atoms with E-state index in [1.165, 1.54) is 12.1 Å². The summed E-state index contributed by atoms with van der Waals surface area (Å²) in [4.78, 5) is 21.1. The number of nitrogens with zero attached hydrogens (tertiary/aromatic N) is 5. The Bertz CT molecular complexity index is 903. The Kier molecular flexibility index (Phi) is 4.76. The fourth-order valence-corrected chi connectivity index (χ4v) is 2.98. The van der Waals surface area contributed by atoms with Crippen LogP contribution in [0, 0.1) is 11.8 Å². The summed E-state index contributed by atoms with van der Waals surface area (Å²) in [5.41, 5.74) is -0.0132. The molecule has 0 amide bonds. The molecule has 2 saturated carbocycles. The summed E-state index contributed by atoms with van der Waals surface area (Å²) in [6.45, 7) is 3.96. The van der Waals surface area contributed by atoms with Crippen molar-refractivity contribution < 1.29 is 13.2 Å². The first-order chi connectivity index (χ1) is 13.3. The maximum absolute atomic E-state index is 13.0. The quantitative estimate of drug-likeness (QED) is 0.726. The van der Waals surface area contributed by atoms with Crippen molar-refractivity contribution in [3.8, 4) is 11.5 Å². The molecule has 0 aromatic carbocycles. The highest BCUT2D eigenvalue weighted by Crippen LogP contribution is 2.34. The Morgan fingerprint density at radius 2 is 1.86 bits per heavy atom. The van der Waals surface area contributed by atoms with E-state index in [1.807, 2.05) is 13.8 Å². The minimum absolute atomic E-state index is 0.0416. The van der Waals surface area contributed by atoms with Crippen LogP contribution in [0.4, 0.5) is 25.1 Å². The molecule has 0 radical (unpaired) electrons. The molecule has 2 heterocycles. The molecule has 2 fully saturated rings. The van der Waals surface area contributed by atoms with Crippen LogP contribution in [0.3, 0.4) is 0 Å². The zero-order valence-corrected chi connectivity index (χ0v) is 15.7. The average molecular weight is 390 g/mol. The molecule has 1 atom stereocenters. The Morgan fingerprint density at radius 3 is 2.50 bits per heavy atom. The minimum atomic E-state index is -4.53. The van der Waals surface area contributed by atoms with Gasteiger partial charge in [-0.3, -0.25) is 0 Å². The van der Waals surface area contributed by atoms with Crippen molar-refractivity contribution in [2.75, 3.05) is 5.32 Å². The zero-order valence-electron chi connectivity index (χ0n) is 15.7. The maximum atomic E-state index is 13.0. The highest BCUT2D eigenvalue weighted by Gasteiger charge is 2.33. The van der Waals surface area contributed by atoms with Crippen LogP contribution in [-0.2, 0) is 6.18 Å². The number of hydrogen-bond acceptors (Lipinski definition) is 6. The number of alkyl halides is 3. The molecule has 148 valence electrons. The number of pyridine rings is 1. The normalized spacial score (nSPS) is 18.8. The predicted octanol–water partition coefficient (Wildman–Crippen LogP) is 4.67. The van der Waals surface area contributed by atoms with E-state index in [0.29, 0.717) is 17.8 Å². The zero-order chi connectivity index (χ0) is 19.9. The lowest BCUT2D eigenvalue weighted by atomic mass is 10.2. The van der Waals surface area contributed by atoms with Crippen molar-refractivity contribution in [1.82, 2.24) is 19.9 Å². The van der Waals surface area contributed by atoms with Gasteiger partial charge in [-0.05, 0) is 63.5 Å². The van der Waals surface area contributed by atoms with E-state index in [4.69, 9.17) is 0 Å². The Balaban J connectivity index is 1.71. The van der Waals surface area contributed by atoms with E-state index in [1.54, 1.807) is 0 Å². The van der Waals surface area contributed by atoms with Crippen molar-refractivity contribution in [2.24, 2.45) is 16.8 Å². The van der Waals surface area contributed by atoms with Crippen LogP contribution in [0.5, 0.6) is 0 Å². The van der Waals surface area contributed by atoms with Gasteiger partial charge in [0, 0.05) is 11.8 Å². The van der Waals surface area contributed by atoms with Crippen LogP contribution in [0.2, 0.25) is 0 Å². The fraction of sp³-hybridized carbons (Fsp3) is 0.526. The predicted molar refractivity (Wildman–Crippen MR) is 99.4 cm³/mol. The van der Waals surface area contributed by atoms with Crippen molar-refractivity contribution in [3.63, 3.8) is 0 Å². The van der Waals surface area contributed by atoms with Gasteiger partial charge in [0.15, 0.2) is 5.82 Å². The van der Waals surface area contributed by atoms with E-state index >= 15 is 0 Å². The summed E-state index contributed by atoms with van der Waals surface area (Å²) >= 11 is 0. The SMILES string of the molecule is C/C(=N\c1nc(N[C@@H](C)C2CC2)nc(-c2cccc(C(F)(F)F)n2)n1)C1CC1. The van der Waals surface area contributed by atoms with Crippen molar-refractivity contribution >= 4 is 17.6 Å². The molecular formula is C19H21F3N6. The van der Waals surface area contributed by atoms with Gasteiger partial charge in [0.25, 0.3) is 5.95 Å². The second-order valence-corrected chi connectivity index (χ2v) is 7.49. The first-order valence-electron chi connectivity index (χ1n) is 9.42. The molecule has 0 aliphatic heterocycles. The van der Waals surface area contributed by atoms with E-state index < -0.39 is 11.9 Å². The first kappa shape index (κ1) is 18.8. The van der Waals surface area contributed by atoms with Crippen LogP contribution in [0.1, 0.15) is 45.2 Å². The average Bonchev–Trinajstić information content (AvgIpc) is 3.53. The molecule has 2 aliphatic carbocycles. The summed E-state index contributed by atoms with van der Waals surface area (Å²) in [6, 6.07) is 3.86. The number of hydrogen-bond donors (Lipinski definition) is 1. The second-order valence-electron chi connectivity index (χ2n) is 7.49. The molecular weight excluding hydrogens is 369 g/mol. The number of nitrogens with one attached hydrogen (secondary N) is 1. The second kappa shape index (κ2) is 7.10. The van der Waals surface area contributed by atoms with Crippen molar-refractivity contribution in [3.05, 3.63) is 23.9 Å². The number of aromatic nitrogens is 4. The summed E-state index contributed by atoms with van der Waals surface area (Å²) in [6.07, 6.45) is -0.0626. The van der Waals surface area contributed by atoms with Gasteiger partial charge < -0.3 is 5.32 Å². The van der Waals surface area contributed by atoms with Crippen LogP contribution < -0.4 is 5.32 Å². The van der Waals surface area contributed by atoms with Gasteiger partial charge in [0.1, 0.15) is 11.4 Å². The summed E-state index contributed by atoms with van der Waals surface area (Å²) < 4.78 is 39.1. The molecule has 2 aromatic rings. The standard InChI is InChI=1S/C19H21F3N6/c1-10(12-6-7-12)23-17-26-16(14-4-3-5-15(25-14)19(20,21)22)27-18(28-17)24-11(2)13-8-9-13/h3-5,10,12-13H,6-9H2,1-2H3,(H,23,26,27,28)/b24-11+/t10-/m0/s1. The van der Waals surface area contributed by atoms with Gasteiger partial charge in [0.05, 0.1) is 0 Å². The van der Waals surface area contributed by atoms with Gasteiger partial charge in [-0.15, -0.1) is 0 Å². The highest BCUT2D eigenvalue weighted by molar-refractivity contribution is 5.88. The summed E-state index contributed by atoms with van der Waals surface area (Å²) in [7, 11) is 0. The maximum Gasteiger partial charge on any atom is 0.433 e. The third-order valence-corrected chi connectivity index (χ3v) is 5.02. The smallest absolute Gasteiger partial charge is 0.351 e. The monoisotopic (exact) mass is 390 g/mol. The van der Waals surface area contributed by atoms with Crippen LogP contribution in [0.15, 0.2) is 23.2 Å². The largest absolute Gasteiger partial charge is 0.433 e. The number of halogens is 3. The van der Waals surface area contributed by atoms with E-state index in [0.717, 1.165) is 37.5 Å². The third kappa shape index (κ3) is 4.45. The molecule has 4 rings (SSSR count). The van der Waals surface area contributed by atoms with Crippen LogP contribution in [0.25, 0.3) is 11.5 Å². The highest BCUT2D eigenvalue weighted by atomic mass is 19.4.